The van der Waals surface area contributed by atoms with Crippen molar-refractivity contribution in [2.75, 3.05) is 19.8 Å². The van der Waals surface area contributed by atoms with Crippen molar-refractivity contribution in [3.63, 3.8) is 0 Å². The molecule has 5 heteroatoms. The standard InChI is InChI=1S/C14H26N2O3/c1-10-5-3-4-6-12(10)8-19-9-13(17)7-16-11(2)14(15)18/h3-4,10-13,16-17H,5-9H2,1-2H3,(H2,15,18). The van der Waals surface area contributed by atoms with Crippen molar-refractivity contribution in [1.82, 2.24) is 5.32 Å². The van der Waals surface area contributed by atoms with Crippen molar-refractivity contribution in [2.24, 2.45) is 17.6 Å². The van der Waals surface area contributed by atoms with Gasteiger partial charge in [0, 0.05) is 6.54 Å². The Morgan fingerprint density at radius 1 is 1.53 bits per heavy atom. The van der Waals surface area contributed by atoms with Gasteiger partial charge in [-0.05, 0) is 31.6 Å². The first kappa shape index (κ1) is 16.1. The highest BCUT2D eigenvalue weighted by molar-refractivity contribution is 5.79. The second kappa shape index (κ2) is 8.30. The average Bonchev–Trinajstić information content (AvgIpc) is 2.38. The predicted molar refractivity (Wildman–Crippen MR) is 74.5 cm³/mol. The second-order valence-electron chi connectivity index (χ2n) is 5.40. The van der Waals surface area contributed by atoms with Gasteiger partial charge in [0.1, 0.15) is 0 Å². The van der Waals surface area contributed by atoms with Crippen LogP contribution in [0.15, 0.2) is 12.2 Å². The molecule has 0 spiro atoms. The summed E-state index contributed by atoms with van der Waals surface area (Å²) in [4.78, 5) is 10.8. The fourth-order valence-corrected chi connectivity index (χ4v) is 2.07. The van der Waals surface area contributed by atoms with Crippen LogP contribution in [0, 0.1) is 11.8 Å². The number of hydrogen-bond donors (Lipinski definition) is 3. The smallest absolute Gasteiger partial charge is 0.234 e. The zero-order valence-electron chi connectivity index (χ0n) is 11.8. The van der Waals surface area contributed by atoms with E-state index in [2.05, 4.69) is 24.4 Å². The number of aliphatic hydroxyl groups is 1. The predicted octanol–water partition coefficient (Wildman–Crippen LogP) is 0.430. The molecular formula is C14H26N2O3. The van der Waals surface area contributed by atoms with Gasteiger partial charge in [0.15, 0.2) is 0 Å². The second-order valence-corrected chi connectivity index (χ2v) is 5.40. The maximum atomic E-state index is 10.8. The van der Waals surface area contributed by atoms with Gasteiger partial charge in [-0.25, -0.2) is 0 Å². The van der Waals surface area contributed by atoms with Crippen LogP contribution in [-0.2, 0) is 9.53 Å². The zero-order valence-corrected chi connectivity index (χ0v) is 11.8. The summed E-state index contributed by atoms with van der Waals surface area (Å²) in [7, 11) is 0. The monoisotopic (exact) mass is 270 g/mol. The van der Waals surface area contributed by atoms with Crippen molar-refractivity contribution in [3.05, 3.63) is 12.2 Å². The fourth-order valence-electron chi connectivity index (χ4n) is 2.07. The van der Waals surface area contributed by atoms with Gasteiger partial charge in [0.2, 0.25) is 5.91 Å². The lowest BCUT2D eigenvalue weighted by Gasteiger charge is -2.25. The third-order valence-corrected chi connectivity index (χ3v) is 3.65. The van der Waals surface area contributed by atoms with E-state index < -0.39 is 18.1 Å². The number of allylic oxidation sites excluding steroid dienone is 2. The first-order chi connectivity index (χ1) is 9.00. The summed E-state index contributed by atoms with van der Waals surface area (Å²) < 4.78 is 5.56. The third-order valence-electron chi connectivity index (χ3n) is 3.65. The van der Waals surface area contributed by atoms with Crippen LogP contribution in [0.25, 0.3) is 0 Å². The molecule has 4 atom stereocenters. The molecule has 0 bridgehead atoms. The molecule has 0 saturated heterocycles. The molecule has 0 radical (unpaired) electrons. The Kier molecular flexibility index (Phi) is 7.05. The van der Waals surface area contributed by atoms with Crippen LogP contribution in [-0.4, -0.2) is 42.9 Å². The van der Waals surface area contributed by atoms with Crippen LogP contribution < -0.4 is 11.1 Å². The van der Waals surface area contributed by atoms with Gasteiger partial charge in [-0.1, -0.05) is 19.1 Å². The maximum absolute atomic E-state index is 10.8. The minimum absolute atomic E-state index is 0.283. The summed E-state index contributed by atoms with van der Waals surface area (Å²) in [6.45, 7) is 5.17. The molecule has 1 amide bonds. The molecule has 4 N–H and O–H groups in total. The van der Waals surface area contributed by atoms with E-state index in [4.69, 9.17) is 10.5 Å². The molecule has 0 saturated carbocycles. The van der Waals surface area contributed by atoms with Crippen LogP contribution in [0.5, 0.6) is 0 Å². The quantitative estimate of drug-likeness (QED) is 0.558. The number of nitrogens with two attached hydrogens (primary N) is 1. The van der Waals surface area contributed by atoms with Gasteiger partial charge >= 0.3 is 0 Å². The number of amides is 1. The number of aliphatic hydroxyl groups excluding tert-OH is 1. The molecule has 4 unspecified atom stereocenters. The molecule has 5 nitrogen and oxygen atoms in total. The lowest BCUT2D eigenvalue weighted by Crippen LogP contribution is -2.43. The minimum atomic E-state index is -0.615. The number of carbonyl (C=O) groups is 1. The van der Waals surface area contributed by atoms with Crippen molar-refractivity contribution in [2.45, 2.75) is 38.8 Å². The topological polar surface area (TPSA) is 84.6 Å². The average molecular weight is 270 g/mol. The number of primary amides is 1. The van der Waals surface area contributed by atoms with E-state index in [1.807, 2.05) is 0 Å². The molecule has 0 aromatic rings. The fraction of sp³-hybridized carbons (Fsp3) is 0.786. The lowest BCUT2D eigenvalue weighted by molar-refractivity contribution is -0.119. The van der Waals surface area contributed by atoms with Crippen molar-refractivity contribution in [1.29, 1.82) is 0 Å². The van der Waals surface area contributed by atoms with Gasteiger partial charge in [-0.2, -0.15) is 0 Å². The van der Waals surface area contributed by atoms with Gasteiger partial charge in [0.25, 0.3) is 0 Å². The molecule has 0 aliphatic heterocycles. The van der Waals surface area contributed by atoms with Crippen LogP contribution in [0.4, 0.5) is 0 Å². The third kappa shape index (κ3) is 6.18. The molecular weight excluding hydrogens is 244 g/mol. The Hall–Kier alpha value is -0.910. The largest absolute Gasteiger partial charge is 0.389 e. The molecule has 19 heavy (non-hydrogen) atoms. The Morgan fingerprint density at radius 2 is 2.21 bits per heavy atom. The Balaban J connectivity index is 2.11. The Bertz CT molecular complexity index is 307. The maximum Gasteiger partial charge on any atom is 0.234 e. The van der Waals surface area contributed by atoms with E-state index in [0.29, 0.717) is 25.0 Å². The molecule has 110 valence electrons. The van der Waals surface area contributed by atoms with Crippen molar-refractivity contribution in [3.8, 4) is 0 Å². The number of hydrogen-bond acceptors (Lipinski definition) is 4. The number of nitrogens with one attached hydrogen (secondary N) is 1. The van der Waals surface area contributed by atoms with E-state index in [0.717, 1.165) is 12.8 Å². The summed E-state index contributed by atoms with van der Waals surface area (Å²) >= 11 is 0. The SMILES string of the molecule is CC(NCC(O)COCC1CC=CCC1C)C(N)=O. The van der Waals surface area contributed by atoms with E-state index in [9.17, 15) is 9.90 Å². The number of ether oxygens (including phenoxy) is 1. The Labute approximate surface area is 115 Å². The molecule has 0 aromatic carbocycles. The summed E-state index contributed by atoms with van der Waals surface area (Å²) in [5.41, 5.74) is 5.11. The number of rotatable bonds is 8. The Morgan fingerprint density at radius 3 is 2.84 bits per heavy atom. The molecule has 1 aliphatic carbocycles. The van der Waals surface area contributed by atoms with Crippen LogP contribution in [0.3, 0.4) is 0 Å². The first-order valence-electron chi connectivity index (χ1n) is 6.94. The summed E-state index contributed by atoms with van der Waals surface area (Å²) in [6.07, 6.45) is 5.95. The summed E-state index contributed by atoms with van der Waals surface area (Å²) in [5, 5.41) is 12.6. The van der Waals surface area contributed by atoms with E-state index in [1.54, 1.807) is 6.92 Å². The highest BCUT2D eigenvalue weighted by atomic mass is 16.5. The van der Waals surface area contributed by atoms with E-state index in [1.165, 1.54) is 0 Å². The highest BCUT2D eigenvalue weighted by Gasteiger charge is 2.19. The normalized spacial score (nSPS) is 26.1. The minimum Gasteiger partial charge on any atom is -0.389 e. The van der Waals surface area contributed by atoms with E-state index >= 15 is 0 Å². The van der Waals surface area contributed by atoms with Crippen LogP contribution in [0.2, 0.25) is 0 Å². The summed E-state index contributed by atoms with van der Waals surface area (Å²) in [6, 6.07) is -0.432. The molecule has 0 fully saturated rings. The van der Waals surface area contributed by atoms with Gasteiger partial charge in [0.05, 0.1) is 25.4 Å². The van der Waals surface area contributed by atoms with Gasteiger partial charge < -0.3 is 20.9 Å². The molecule has 1 aliphatic rings. The number of carbonyl (C=O) groups excluding carboxylic acids is 1. The first-order valence-corrected chi connectivity index (χ1v) is 6.94. The molecule has 0 aromatic heterocycles. The van der Waals surface area contributed by atoms with Gasteiger partial charge in [-0.15, -0.1) is 0 Å². The zero-order chi connectivity index (χ0) is 14.3. The lowest BCUT2D eigenvalue weighted by atomic mass is 9.85. The van der Waals surface area contributed by atoms with E-state index in [-0.39, 0.29) is 6.61 Å². The van der Waals surface area contributed by atoms with Gasteiger partial charge in [-0.3, -0.25) is 4.79 Å². The molecule has 1 rings (SSSR count). The summed E-state index contributed by atoms with van der Waals surface area (Å²) in [5.74, 6) is 0.751. The highest BCUT2D eigenvalue weighted by Crippen LogP contribution is 2.24. The van der Waals surface area contributed by atoms with Crippen LogP contribution >= 0.6 is 0 Å². The van der Waals surface area contributed by atoms with Crippen molar-refractivity contribution >= 4 is 5.91 Å². The molecule has 0 heterocycles. The van der Waals surface area contributed by atoms with Crippen LogP contribution in [0.1, 0.15) is 26.7 Å². The van der Waals surface area contributed by atoms with Crippen molar-refractivity contribution < 1.29 is 14.6 Å².